The van der Waals surface area contributed by atoms with Crippen molar-refractivity contribution in [2.24, 2.45) is 0 Å². The molecular formula is C15H18N2OS. The average Bonchev–Trinajstić information content (AvgIpc) is 2.46. The summed E-state index contributed by atoms with van der Waals surface area (Å²) < 4.78 is 4.99. The highest BCUT2D eigenvalue weighted by molar-refractivity contribution is 7.99. The predicted octanol–water partition coefficient (Wildman–Crippen LogP) is 2.97. The highest BCUT2D eigenvalue weighted by Gasteiger charge is 1.98. The largest absolute Gasteiger partial charge is 0.383 e. The second kappa shape index (κ2) is 7.94. The normalized spacial score (nSPS) is 10.6. The molecule has 1 N–H and O–H groups in total. The maximum Gasteiger partial charge on any atom is 0.101 e. The van der Waals surface area contributed by atoms with Gasteiger partial charge in [-0.1, -0.05) is 30.0 Å². The molecule has 1 aromatic carbocycles. The van der Waals surface area contributed by atoms with Crippen LogP contribution in [0.3, 0.4) is 0 Å². The van der Waals surface area contributed by atoms with Gasteiger partial charge in [0.1, 0.15) is 5.03 Å². The van der Waals surface area contributed by atoms with Crippen LogP contribution in [-0.4, -0.2) is 25.2 Å². The van der Waals surface area contributed by atoms with Gasteiger partial charge in [0.05, 0.1) is 6.61 Å². The minimum absolute atomic E-state index is 0.744. The predicted molar refractivity (Wildman–Crippen MR) is 78.4 cm³/mol. The van der Waals surface area contributed by atoms with Crippen molar-refractivity contribution in [3.05, 3.63) is 54.2 Å². The number of benzene rings is 1. The Kier molecular flexibility index (Phi) is 5.88. The highest BCUT2D eigenvalue weighted by atomic mass is 32.2. The Balaban J connectivity index is 1.84. The van der Waals surface area contributed by atoms with Crippen LogP contribution in [0.1, 0.15) is 5.56 Å². The zero-order valence-corrected chi connectivity index (χ0v) is 11.8. The first kappa shape index (κ1) is 14.1. The van der Waals surface area contributed by atoms with Gasteiger partial charge in [-0.15, -0.1) is 0 Å². The van der Waals surface area contributed by atoms with E-state index in [9.17, 15) is 0 Å². The molecule has 0 aliphatic heterocycles. The molecule has 0 fully saturated rings. The van der Waals surface area contributed by atoms with Crippen LogP contribution in [0.2, 0.25) is 0 Å². The van der Waals surface area contributed by atoms with Gasteiger partial charge < -0.3 is 10.1 Å². The molecule has 0 bridgehead atoms. The van der Waals surface area contributed by atoms with Crippen LogP contribution in [0.5, 0.6) is 0 Å². The van der Waals surface area contributed by atoms with E-state index >= 15 is 0 Å². The van der Waals surface area contributed by atoms with E-state index in [1.165, 1.54) is 10.5 Å². The van der Waals surface area contributed by atoms with Crippen LogP contribution in [0.25, 0.3) is 0 Å². The number of ether oxygens (including phenoxy) is 1. The third-order valence-electron chi connectivity index (χ3n) is 2.60. The summed E-state index contributed by atoms with van der Waals surface area (Å²) in [6.07, 6.45) is 1.82. The van der Waals surface area contributed by atoms with Crippen LogP contribution < -0.4 is 5.32 Å². The molecule has 0 amide bonds. The Morgan fingerprint density at radius 1 is 1.16 bits per heavy atom. The third kappa shape index (κ3) is 5.03. The van der Waals surface area contributed by atoms with Gasteiger partial charge in [-0.2, -0.15) is 0 Å². The first-order chi connectivity index (χ1) is 9.38. The van der Waals surface area contributed by atoms with E-state index < -0.39 is 0 Å². The van der Waals surface area contributed by atoms with Crippen molar-refractivity contribution in [3.63, 3.8) is 0 Å². The van der Waals surface area contributed by atoms with E-state index in [2.05, 4.69) is 34.6 Å². The van der Waals surface area contributed by atoms with Crippen molar-refractivity contribution in [1.82, 2.24) is 10.3 Å². The minimum atomic E-state index is 0.744. The van der Waals surface area contributed by atoms with Gasteiger partial charge in [-0.3, -0.25) is 0 Å². The molecule has 19 heavy (non-hydrogen) atoms. The van der Waals surface area contributed by atoms with Gasteiger partial charge in [0.25, 0.3) is 0 Å². The molecule has 2 rings (SSSR count). The summed E-state index contributed by atoms with van der Waals surface area (Å²) in [7, 11) is 1.71. The molecule has 4 heteroatoms. The fraction of sp³-hybridized carbons (Fsp3) is 0.267. The lowest BCUT2D eigenvalue weighted by Crippen LogP contribution is -2.18. The summed E-state index contributed by atoms with van der Waals surface area (Å²) in [5, 5.41) is 4.35. The summed E-state index contributed by atoms with van der Waals surface area (Å²) in [4.78, 5) is 5.51. The summed E-state index contributed by atoms with van der Waals surface area (Å²) in [6, 6.07) is 14.5. The maximum absolute atomic E-state index is 4.99. The Labute approximate surface area is 118 Å². The van der Waals surface area contributed by atoms with Gasteiger partial charge in [-0.25, -0.2) is 4.98 Å². The van der Waals surface area contributed by atoms with Gasteiger partial charge in [-0.05, 0) is 29.8 Å². The van der Waals surface area contributed by atoms with Gasteiger partial charge in [0.15, 0.2) is 0 Å². The first-order valence-corrected chi connectivity index (χ1v) is 7.07. The van der Waals surface area contributed by atoms with E-state index in [0.29, 0.717) is 0 Å². The molecular weight excluding hydrogens is 256 g/mol. The molecule has 0 aliphatic carbocycles. The lowest BCUT2D eigenvalue weighted by Gasteiger charge is -2.05. The fourth-order valence-electron chi connectivity index (χ4n) is 1.61. The molecule has 0 atom stereocenters. The molecule has 0 aliphatic rings. The molecule has 3 nitrogen and oxygen atoms in total. The Morgan fingerprint density at radius 3 is 2.68 bits per heavy atom. The first-order valence-electron chi connectivity index (χ1n) is 6.26. The number of hydrogen-bond acceptors (Lipinski definition) is 4. The minimum Gasteiger partial charge on any atom is -0.383 e. The zero-order chi connectivity index (χ0) is 13.3. The van der Waals surface area contributed by atoms with Crippen molar-refractivity contribution in [2.45, 2.75) is 16.5 Å². The third-order valence-corrected chi connectivity index (χ3v) is 3.55. The van der Waals surface area contributed by atoms with Gasteiger partial charge >= 0.3 is 0 Å². The van der Waals surface area contributed by atoms with Crippen molar-refractivity contribution in [2.75, 3.05) is 20.3 Å². The number of methoxy groups -OCH3 is 1. The monoisotopic (exact) mass is 274 g/mol. The molecule has 0 spiro atoms. The second-order valence-electron chi connectivity index (χ2n) is 4.08. The summed E-state index contributed by atoms with van der Waals surface area (Å²) in [6.45, 7) is 2.49. The van der Waals surface area contributed by atoms with E-state index in [4.69, 9.17) is 4.74 Å². The smallest absolute Gasteiger partial charge is 0.101 e. The summed E-state index contributed by atoms with van der Waals surface area (Å²) >= 11 is 1.68. The number of hydrogen-bond donors (Lipinski definition) is 1. The van der Waals surface area contributed by atoms with Crippen molar-refractivity contribution in [3.8, 4) is 0 Å². The van der Waals surface area contributed by atoms with Crippen LogP contribution in [-0.2, 0) is 11.3 Å². The molecule has 1 heterocycles. The molecule has 2 aromatic rings. The lowest BCUT2D eigenvalue weighted by atomic mass is 10.2. The number of pyridine rings is 1. The Bertz CT molecular complexity index is 473. The van der Waals surface area contributed by atoms with E-state index in [1.807, 2.05) is 24.4 Å². The second-order valence-corrected chi connectivity index (χ2v) is 5.18. The van der Waals surface area contributed by atoms with Crippen LogP contribution in [0.4, 0.5) is 0 Å². The number of aromatic nitrogens is 1. The average molecular weight is 274 g/mol. The van der Waals surface area contributed by atoms with Crippen molar-refractivity contribution in [1.29, 1.82) is 0 Å². The SMILES string of the molecule is COCCNCc1ccc(Sc2ccccn2)cc1. The van der Waals surface area contributed by atoms with Crippen LogP contribution in [0.15, 0.2) is 58.6 Å². The maximum atomic E-state index is 4.99. The van der Waals surface area contributed by atoms with E-state index in [-0.39, 0.29) is 0 Å². The Morgan fingerprint density at radius 2 is 2.00 bits per heavy atom. The Hall–Kier alpha value is -1.36. The summed E-state index contributed by atoms with van der Waals surface area (Å²) in [5.74, 6) is 0. The highest BCUT2D eigenvalue weighted by Crippen LogP contribution is 2.25. The van der Waals surface area contributed by atoms with E-state index in [1.54, 1.807) is 18.9 Å². The zero-order valence-electron chi connectivity index (χ0n) is 11.0. The van der Waals surface area contributed by atoms with Crippen LogP contribution >= 0.6 is 11.8 Å². The quantitative estimate of drug-likeness (QED) is 0.787. The number of rotatable bonds is 7. The molecule has 0 saturated carbocycles. The number of nitrogens with one attached hydrogen (secondary N) is 1. The van der Waals surface area contributed by atoms with Gasteiger partial charge in [0, 0.05) is 31.3 Å². The van der Waals surface area contributed by atoms with Crippen molar-refractivity contribution >= 4 is 11.8 Å². The standard InChI is InChI=1S/C15H18N2OS/c1-18-11-10-16-12-13-5-7-14(8-6-13)19-15-4-2-3-9-17-15/h2-9,16H,10-12H2,1H3. The summed E-state index contributed by atoms with van der Waals surface area (Å²) in [5.41, 5.74) is 1.28. The molecule has 100 valence electrons. The van der Waals surface area contributed by atoms with Gasteiger partial charge in [0.2, 0.25) is 0 Å². The molecule has 0 radical (unpaired) electrons. The van der Waals surface area contributed by atoms with E-state index in [0.717, 1.165) is 24.7 Å². The van der Waals surface area contributed by atoms with Crippen molar-refractivity contribution < 1.29 is 4.74 Å². The molecule has 1 aromatic heterocycles. The van der Waals surface area contributed by atoms with Crippen LogP contribution in [0, 0.1) is 0 Å². The fourth-order valence-corrected chi connectivity index (χ4v) is 2.38. The topological polar surface area (TPSA) is 34.1 Å². The molecule has 0 saturated heterocycles. The number of nitrogens with zero attached hydrogens (tertiary/aromatic N) is 1. The lowest BCUT2D eigenvalue weighted by molar-refractivity contribution is 0.199. The molecule has 0 unspecified atom stereocenters.